The van der Waals surface area contributed by atoms with Crippen LogP contribution in [0, 0.1) is 20.8 Å². The van der Waals surface area contributed by atoms with Crippen LogP contribution >= 0.6 is 0 Å². The molecule has 1 aliphatic carbocycles. The number of hydrogen-bond acceptors (Lipinski definition) is 3. The lowest BCUT2D eigenvalue weighted by Gasteiger charge is -2.18. The van der Waals surface area contributed by atoms with E-state index in [0.29, 0.717) is 19.2 Å². The molecule has 0 aromatic heterocycles. The van der Waals surface area contributed by atoms with Crippen molar-refractivity contribution in [2.45, 2.75) is 58.6 Å². The second-order valence-corrected chi connectivity index (χ2v) is 6.08. The third-order valence-electron chi connectivity index (χ3n) is 4.02. The van der Waals surface area contributed by atoms with Crippen LogP contribution < -0.4 is 10.1 Å². The molecule has 112 valence electrons. The SMILES string of the molecule is Cc1cc(C)c(OC[C@H](O)CNC2CCCC2)c(C)c1. The van der Waals surface area contributed by atoms with Crippen molar-refractivity contribution in [3.8, 4) is 5.75 Å². The van der Waals surface area contributed by atoms with Crippen molar-refractivity contribution >= 4 is 0 Å². The Morgan fingerprint density at radius 2 is 1.80 bits per heavy atom. The summed E-state index contributed by atoms with van der Waals surface area (Å²) in [4.78, 5) is 0. The van der Waals surface area contributed by atoms with Crippen LogP contribution in [0.2, 0.25) is 0 Å². The standard InChI is InChI=1S/C17H27NO2/c1-12-8-13(2)17(14(3)9-12)20-11-16(19)10-18-15-6-4-5-7-15/h8-9,15-16,18-19H,4-7,10-11H2,1-3H3/t16-/m1/s1. The fraction of sp³-hybridized carbons (Fsp3) is 0.647. The van der Waals surface area contributed by atoms with Crippen LogP contribution in [-0.4, -0.2) is 30.4 Å². The maximum atomic E-state index is 10.0. The Morgan fingerprint density at radius 1 is 1.20 bits per heavy atom. The van der Waals surface area contributed by atoms with Gasteiger partial charge in [-0.25, -0.2) is 0 Å². The number of aliphatic hydroxyl groups is 1. The molecular formula is C17H27NO2. The van der Waals surface area contributed by atoms with Gasteiger partial charge in [-0.1, -0.05) is 30.5 Å². The van der Waals surface area contributed by atoms with Gasteiger partial charge in [0.2, 0.25) is 0 Å². The van der Waals surface area contributed by atoms with E-state index in [4.69, 9.17) is 4.74 Å². The lowest BCUT2D eigenvalue weighted by Crippen LogP contribution is -2.36. The highest BCUT2D eigenvalue weighted by molar-refractivity contribution is 5.42. The quantitative estimate of drug-likeness (QED) is 0.840. The van der Waals surface area contributed by atoms with Gasteiger partial charge in [0.15, 0.2) is 0 Å². The van der Waals surface area contributed by atoms with Gasteiger partial charge < -0.3 is 15.2 Å². The largest absolute Gasteiger partial charge is 0.490 e. The summed E-state index contributed by atoms with van der Waals surface area (Å²) in [5, 5.41) is 13.4. The molecule has 0 unspecified atom stereocenters. The van der Waals surface area contributed by atoms with Crippen molar-refractivity contribution < 1.29 is 9.84 Å². The zero-order valence-electron chi connectivity index (χ0n) is 12.9. The first-order valence-corrected chi connectivity index (χ1v) is 7.68. The maximum Gasteiger partial charge on any atom is 0.125 e. The molecule has 2 rings (SSSR count). The van der Waals surface area contributed by atoms with E-state index in [0.717, 1.165) is 16.9 Å². The number of nitrogens with one attached hydrogen (secondary N) is 1. The molecule has 0 radical (unpaired) electrons. The van der Waals surface area contributed by atoms with Crippen LogP contribution in [0.15, 0.2) is 12.1 Å². The minimum absolute atomic E-state index is 0.352. The molecule has 20 heavy (non-hydrogen) atoms. The molecule has 3 heteroatoms. The molecule has 1 aliphatic rings. The summed E-state index contributed by atoms with van der Waals surface area (Å²) in [6.07, 6.45) is 4.65. The minimum Gasteiger partial charge on any atom is -0.490 e. The predicted molar refractivity (Wildman–Crippen MR) is 82.4 cm³/mol. The van der Waals surface area contributed by atoms with Gasteiger partial charge >= 0.3 is 0 Å². The highest BCUT2D eigenvalue weighted by Gasteiger charge is 2.16. The zero-order valence-corrected chi connectivity index (χ0v) is 12.9. The minimum atomic E-state index is -0.448. The lowest BCUT2D eigenvalue weighted by molar-refractivity contribution is 0.103. The monoisotopic (exact) mass is 277 g/mol. The Bertz CT molecular complexity index is 416. The van der Waals surface area contributed by atoms with Crippen molar-refractivity contribution in [3.05, 3.63) is 28.8 Å². The Labute approximate surface area is 122 Å². The second kappa shape index (κ2) is 7.09. The van der Waals surface area contributed by atoms with Crippen LogP contribution in [-0.2, 0) is 0 Å². The Morgan fingerprint density at radius 3 is 2.40 bits per heavy atom. The molecule has 2 N–H and O–H groups in total. The number of aliphatic hydroxyl groups excluding tert-OH is 1. The number of ether oxygens (including phenoxy) is 1. The first-order chi connectivity index (χ1) is 9.56. The highest BCUT2D eigenvalue weighted by Crippen LogP contribution is 2.24. The third kappa shape index (κ3) is 4.22. The summed E-state index contributed by atoms with van der Waals surface area (Å²) < 4.78 is 5.81. The molecule has 0 bridgehead atoms. The zero-order chi connectivity index (χ0) is 14.5. The average molecular weight is 277 g/mol. The average Bonchev–Trinajstić information content (AvgIpc) is 2.88. The van der Waals surface area contributed by atoms with Gasteiger partial charge in [0.05, 0.1) is 0 Å². The molecule has 0 spiro atoms. The van der Waals surface area contributed by atoms with Gasteiger partial charge in [0.25, 0.3) is 0 Å². The maximum absolute atomic E-state index is 10.0. The van der Waals surface area contributed by atoms with E-state index < -0.39 is 6.10 Å². The molecule has 1 atom stereocenters. The predicted octanol–water partition coefficient (Wildman–Crippen LogP) is 2.88. The van der Waals surface area contributed by atoms with Crippen LogP contribution in [0.1, 0.15) is 42.4 Å². The fourth-order valence-corrected chi connectivity index (χ4v) is 3.07. The molecule has 0 heterocycles. The van der Waals surface area contributed by atoms with Crippen LogP contribution in [0.4, 0.5) is 0 Å². The number of hydrogen-bond donors (Lipinski definition) is 2. The Hall–Kier alpha value is -1.06. The Balaban J connectivity index is 1.79. The van der Waals surface area contributed by atoms with E-state index in [9.17, 15) is 5.11 Å². The fourth-order valence-electron chi connectivity index (χ4n) is 3.07. The molecule has 0 saturated heterocycles. The van der Waals surface area contributed by atoms with Crippen LogP contribution in [0.3, 0.4) is 0 Å². The summed E-state index contributed by atoms with van der Waals surface area (Å²) in [6, 6.07) is 4.82. The van der Waals surface area contributed by atoms with Gasteiger partial charge in [0, 0.05) is 12.6 Å². The van der Waals surface area contributed by atoms with Crippen molar-refractivity contribution in [2.24, 2.45) is 0 Å². The van der Waals surface area contributed by atoms with Crippen molar-refractivity contribution in [3.63, 3.8) is 0 Å². The van der Waals surface area contributed by atoms with E-state index in [1.807, 2.05) is 0 Å². The molecule has 3 nitrogen and oxygen atoms in total. The first kappa shape index (κ1) is 15.3. The number of rotatable bonds is 6. The van der Waals surface area contributed by atoms with Gasteiger partial charge in [-0.15, -0.1) is 0 Å². The smallest absolute Gasteiger partial charge is 0.125 e. The number of benzene rings is 1. The summed E-state index contributed by atoms with van der Waals surface area (Å²) in [7, 11) is 0. The molecule has 1 aromatic carbocycles. The normalized spacial score (nSPS) is 17.4. The summed E-state index contributed by atoms with van der Waals surface area (Å²) >= 11 is 0. The van der Waals surface area contributed by atoms with E-state index >= 15 is 0 Å². The summed E-state index contributed by atoms with van der Waals surface area (Å²) in [5.41, 5.74) is 3.52. The lowest BCUT2D eigenvalue weighted by atomic mass is 10.1. The number of aryl methyl sites for hydroxylation is 3. The molecule has 0 amide bonds. The van der Waals surface area contributed by atoms with Crippen molar-refractivity contribution in [1.29, 1.82) is 0 Å². The molecule has 1 fully saturated rings. The molecule has 1 saturated carbocycles. The molecule has 1 aromatic rings. The van der Waals surface area contributed by atoms with E-state index in [1.54, 1.807) is 0 Å². The van der Waals surface area contributed by atoms with Crippen molar-refractivity contribution in [2.75, 3.05) is 13.2 Å². The van der Waals surface area contributed by atoms with Crippen LogP contribution in [0.25, 0.3) is 0 Å². The van der Waals surface area contributed by atoms with Gasteiger partial charge in [-0.05, 0) is 44.7 Å². The third-order valence-corrected chi connectivity index (χ3v) is 4.02. The molecule has 0 aliphatic heterocycles. The van der Waals surface area contributed by atoms with E-state index in [1.165, 1.54) is 31.2 Å². The van der Waals surface area contributed by atoms with Gasteiger partial charge in [-0.2, -0.15) is 0 Å². The first-order valence-electron chi connectivity index (χ1n) is 7.68. The summed E-state index contributed by atoms with van der Waals surface area (Å²) in [5.74, 6) is 0.913. The highest BCUT2D eigenvalue weighted by atomic mass is 16.5. The second-order valence-electron chi connectivity index (χ2n) is 6.08. The topological polar surface area (TPSA) is 41.5 Å². The van der Waals surface area contributed by atoms with Gasteiger partial charge in [-0.3, -0.25) is 0 Å². The van der Waals surface area contributed by atoms with Crippen molar-refractivity contribution in [1.82, 2.24) is 5.32 Å². The van der Waals surface area contributed by atoms with E-state index in [-0.39, 0.29) is 0 Å². The Kier molecular flexibility index (Phi) is 5.44. The summed E-state index contributed by atoms with van der Waals surface area (Å²) in [6.45, 7) is 7.17. The van der Waals surface area contributed by atoms with Crippen LogP contribution in [0.5, 0.6) is 5.75 Å². The van der Waals surface area contributed by atoms with E-state index in [2.05, 4.69) is 38.2 Å². The molecular weight excluding hydrogens is 250 g/mol. The van der Waals surface area contributed by atoms with Gasteiger partial charge in [0.1, 0.15) is 18.5 Å².